The van der Waals surface area contributed by atoms with E-state index in [1.807, 2.05) is 13.8 Å². The molecular weight excluding hydrogens is 348 g/mol. The number of hydrogen-bond donors (Lipinski definition) is 0. The van der Waals surface area contributed by atoms with Gasteiger partial charge in [0.25, 0.3) is 0 Å². The van der Waals surface area contributed by atoms with Crippen molar-refractivity contribution >= 4 is 21.7 Å². The molecular formula is C21H35BrO. The molecule has 0 heterocycles. The topological polar surface area (TPSA) is 17.1 Å². The zero-order valence-corrected chi connectivity index (χ0v) is 17.3. The van der Waals surface area contributed by atoms with Crippen LogP contribution in [0.3, 0.4) is 0 Å². The number of ketones is 1. The minimum atomic E-state index is 0.265. The van der Waals surface area contributed by atoms with E-state index in [1.165, 1.54) is 32.1 Å². The SMILES string of the molecule is CC.CCC/C(=C\CC1CCC2/C(=C/Br)CCCC12C)C(C)=O. The molecule has 0 aromatic carbocycles. The third-order valence-corrected chi connectivity index (χ3v) is 6.51. The Balaban J connectivity index is 0.00000127. The molecule has 3 unspecified atom stereocenters. The Morgan fingerprint density at radius 3 is 2.61 bits per heavy atom. The lowest BCUT2D eigenvalue weighted by Crippen LogP contribution is -2.33. The summed E-state index contributed by atoms with van der Waals surface area (Å²) >= 11 is 3.57. The van der Waals surface area contributed by atoms with Crippen LogP contribution in [0.25, 0.3) is 0 Å². The summed E-state index contributed by atoms with van der Waals surface area (Å²) in [4.78, 5) is 13.9. The van der Waals surface area contributed by atoms with Gasteiger partial charge in [0.1, 0.15) is 0 Å². The predicted octanol–water partition coefficient (Wildman–Crippen LogP) is 7.21. The molecule has 0 bridgehead atoms. The first-order valence-corrected chi connectivity index (χ1v) is 10.4. The Labute approximate surface area is 152 Å². The minimum Gasteiger partial charge on any atom is -0.295 e. The Morgan fingerprint density at radius 1 is 1.35 bits per heavy atom. The average Bonchev–Trinajstić information content (AvgIpc) is 2.89. The summed E-state index contributed by atoms with van der Waals surface area (Å²) in [5.74, 6) is 1.77. The lowest BCUT2D eigenvalue weighted by molar-refractivity contribution is -0.113. The van der Waals surface area contributed by atoms with Crippen LogP contribution in [-0.2, 0) is 4.79 Å². The zero-order chi connectivity index (χ0) is 17.5. The molecule has 2 fully saturated rings. The molecule has 2 aliphatic carbocycles. The number of halogens is 1. The second kappa shape index (κ2) is 9.81. The monoisotopic (exact) mass is 382 g/mol. The lowest BCUT2D eigenvalue weighted by atomic mass is 9.63. The summed E-state index contributed by atoms with van der Waals surface area (Å²) in [6.07, 6.45) is 11.9. The van der Waals surface area contributed by atoms with E-state index in [9.17, 15) is 4.79 Å². The standard InChI is InChI=1S/C19H29BrO.C2H6/c1-4-6-15(14(2)21)8-9-17-10-11-18-16(13-20)7-5-12-19(17,18)3;1-2/h8,13,17-18H,4-7,9-12H2,1-3H3;1-2H3/b15-8+,16-13+;. The van der Waals surface area contributed by atoms with Crippen LogP contribution in [0.5, 0.6) is 0 Å². The molecule has 0 amide bonds. The fraction of sp³-hybridized carbons (Fsp3) is 0.762. The van der Waals surface area contributed by atoms with Crippen molar-refractivity contribution in [3.8, 4) is 0 Å². The van der Waals surface area contributed by atoms with Gasteiger partial charge in [0, 0.05) is 0 Å². The Kier molecular flexibility index (Phi) is 8.82. The molecule has 1 nitrogen and oxygen atoms in total. The van der Waals surface area contributed by atoms with Gasteiger partial charge in [-0.3, -0.25) is 4.79 Å². The van der Waals surface area contributed by atoms with Gasteiger partial charge in [-0.1, -0.05) is 61.7 Å². The van der Waals surface area contributed by atoms with Crippen LogP contribution in [0, 0.1) is 17.3 Å². The second-order valence-corrected chi connectivity index (χ2v) is 7.60. The third kappa shape index (κ3) is 4.81. The first-order valence-electron chi connectivity index (χ1n) is 9.52. The van der Waals surface area contributed by atoms with Gasteiger partial charge in [-0.2, -0.15) is 0 Å². The van der Waals surface area contributed by atoms with Crippen molar-refractivity contribution in [2.45, 2.75) is 86.0 Å². The van der Waals surface area contributed by atoms with Crippen molar-refractivity contribution in [1.29, 1.82) is 0 Å². The van der Waals surface area contributed by atoms with E-state index in [4.69, 9.17) is 0 Å². The van der Waals surface area contributed by atoms with Gasteiger partial charge in [-0.25, -0.2) is 0 Å². The molecule has 0 N–H and O–H groups in total. The van der Waals surface area contributed by atoms with E-state index in [0.29, 0.717) is 5.41 Å². The average molecular weight is 383 g/mol. The lowest BCUT2D eigenvalue weighted by Gasteiger charge is -2.42. The van der Waals surface area contributed by atoms with Crippen molar-refractivity contribution in [2.24, 2.45) is 17.3 Å². The quantitative estimate of drug-likeness (QED) is 0.458. The normalized spacial score (nSPS) is 32.3. The maximum atomic E-state index is 11.7. The molecule has 2 saturated carbocycles. The Morgan fingerprint density at radius 2 is 2.04 bits per heavy atom. The van der Waals surface area contributed by atoms with Crippen molar-refractivity contribution in [3.05, 3.63) is 22.2 Å². The fourth-order valence-electron chi connectivity index (χ4n) is 4.64. The predicted molar refractivity (Wildman–Crippen MR) is 105 cm³/mol. The van der Waals surface area contributed by atoms with E-state index in [-0.39, 0.29) is 5.78 Å². The number of Topliss-reactive ketones (excluding diaryl/α,β-unsaturated/α-hetero) is 1. The fourth-order valence-corrected chi connectivity index (χ4v) is 5.19. The van der Waals surface area contributed by atoms with Gasteiger partial charge in [-0.05, 0) is 79.7 Å². The van der Waals surface area contributed by atoms with Crippen LogP contribution < -0.4 is 0 Å². The molecule has 2 heteroatoms. The first-order chi connectivity index (χ1) is 11.0. The summed E-state index contributed by atoms with van der Waals surface area (Å²) in [5.41, 5.74) is 3.12. The van der Waals surface area contributed by atoms with Crippen LogP contribution in [0.15, 0.2) is 22.2 Å². The highest BCUT2D eigenvalue weighted by atomic mass is 79.9. The molecule has 3 atom stereocenters. The Hall–Kier alpha value is -0.370. The zero-order valence-electron chi connectivity index (χ0n) is 15.8. The highest BCUT2D eigenvalue weighted by Gasteiger charge is 2.48. The van der Waals surface area contributed by atoms with Gasteiger partial charge in [0.05, 0.1) is 0 Å². The van der Waals surface area contributed by atoms with Crippen LogP contribution in [0.1, 0.15) is 86.0 Å². The molecule has 23 heavy (non-hydrogen) atoms. The summed E-state index contributed by atoms with van der Waals surface area (Å²) in [5, 5.41) is 0. The van der Waals surface area contributed by atoms with Crippen LogP contribution in [0.2, 0.25) is 0 Å². The first kappa shape index (κ1) is 20.7. The van der Waals surface area contributed by atoms with Crippen molar-refractivity contribution in [1.82, 2.24) is 0 Å². The molecule has 0 aliphatic heterocycles. The molecule has 132 valence electrons. The van der Waals surface area contributed by atoms with Gasteiger partial charge in [0.15, 0.2) is 5.78 Å². The van der Waals surface area contributed by atoms with Gasteiger partial charge < -0.3 is 0 Å². The summed E-state index contributed by atoms with van der Waals surface area (Å²) in [6.45, 7) is 10.4. The van der Waals surface area contributed by atoms with Gasteiger partial charge >= 0.3 is 0 Å². The summed E-state index contributed by atoms with van der Waals surface area (Å²) < 4.78 is 0. The van der Waals surface area contributed by atoms with Crippen molar-refractivity contribution < 1.29 is 4.79 Å². The van der Waals surface area contributed by atoms with E-state index in [1.54, 1.807) is 12.5 Å². The number of fused-ring (bicyclic) bond motifs is 1. The second-order valence-electron chi connectivity index (χ2n) is 7.14. The van der Waals surface area contributed by atoms with Gasteiger partial charge in [-0.15, -0.1) is 0 Å². The van der Waals surface area contributed by atoms with Crippen molar-refractivity contribution in [3.63, 3.8) is 0 Å². The largest absolute Gasteiger partial charge is 0.295 e. The molecule has 2 rings (SSSR count). The maximum Gasteiger partial charge on any atom is 0.155 e. The molecule has 2 aliphatic rings. The Bertz CT molecular complexity index is 449. The minimum absolute atomic E-state index is 0.265. The van der Waals surface area contributed by atoms with E-state index >= 15 is 0 Å². The molecule has 0 radical (unpaired) electrons. The maximum absolute atomic E-state index is 11.7. The van der Waals surface area contributed by atoms with E-state index in [2.05, 4.69) is 40.8 Å². The number of carbonyl (C=O) groups is 1. The van der Waals surface area contributed by atoms with Crippen LogP contribution in [-0.4, -0.2) is 5.78 Å². The highest BCUT2D eigenvalue weighted by molar-refractivity contribution is 9.11. The number of rotatable bonds is 5. The van der Waals surface area contributed by atoms with Crippen LogP contribution >= 0.6 is 15.9 Å². The van der Waals surface area contributed by atoms with Gasteiger partial charge in [0.2, 0.25) is 0 Å². The van der Waals surface area contributed by atoms with Crippen LogP contribution in [0.4, 0.5) is 0 Å². The third-order valence-electron chi connectivity index (χ3n) is 5.92. The smallest absolute Gasteiger partial charge is 0.155 e. The number of hydrogen-bond acceptors (Lipinski definition) is 1. The molecule has 0 saturated heterocycles. The van der Waals surface area contributed by atoms with E-state index < -0.39 is 0 Å². The summed E-state index contributed by atoms with van der Waals surface area (Å²) in [7, 11) is 0. The molecule has 0 aromatic rings. The summed E-state index contributed by atoms with van der Waals surface area (Å²) in [6, 6.07) is 0. The molecule has 0 aromatic heterocycles. The number of allylic oxidation sites excluding steroid dienone is 3. The van der Waals surface area contributed by atoms with Crippen molar-refractivity contribution in [2.75, 3.05) is 0 Å². The highest BCUT2D eigenvalue weighted by Crippen LogP contribution is 2.58. The molecule has 0 spiro atoms. The van der Waals surface area contributed by atoms with E-state index in [0.717, 1.165) is 36.7 Å². The number of carbonyl (C=O) groups excluding carboxylic acids is 1.